The van der Waals surface area contributed by atoms with E-state index < -0.39 is 0 Å². The molecule has 0 aromatic rings. The van der Waals surface area contributed by atoms with Crippen molar-refractivity contribution < 1.29 is 4.74 Å². The van der Waals surface area contributed by atoms with Crippen LogP contribution in [0.3, 0.4) is 0 Å². The first-order chi connectivity index (χ1) is 7.01. The normalized spacial score (nSPS) is 24.4. The lowest BCUT2D eigenvalue weighted by molar-refractivity contribution is 0.0301. The Kier molecular flexibility index (Phi) is 5.07. The second-order valence-corrected chi connectivity index (χ2v) is 5.96. The van der Waals surface area contributed by atoms with Crippen LogP contribution in [0.25, 0.3) is 0 Å². The van der Waals surface area contributed by atoms with Gasteiger partial charge in [-0.25, -0.2) is 0 Å². The van der Waals surface area contributed by atoms with E-state index in [2.05, 4.69) is 25.7 Å². The van der Waals surface area contributed by atoms with Crippen LogP contribution in [-0.2, 0) is 4.74 Å². The molecule has 90 valence electrons. The van der Waals surface area contributed by atoms with Crippen LogP contribution in [0.4, 0.5) is 0 Å². The van der Waals surface area contributed by atoms with E-state index in [4.69, 9.17) is 4.74 Å². The van der Waals surface area contributed by atoms with Gasteiger partial charge in [0.05, 0.1) is 6.10 Å². The van der Waals surface area contributed by atoms with E-state index in [1.807, 2.05) is 7.11 Å². The Morgan fingerprint density at radius 3 is 2.67 bits per heavy atom. The van der Waals surface area contributed by atoms with Crippen molar-refractivity contribution in [2.24, 2.45) is 5.41 Å². The van der Waals surface area contributed by atoms with Crippen molar-refractivity contribution in [3.63, 3.8) is 0 Å². The first-order valence-electron chi connectivity index (χ1n) is 6.26. The number of rotatable bonds is 4. The van der Waals surface area contributed by atoms with Gasteiger partial charge in [0.2, 0.25) is 0 Å². The smallest absolute Gasteiger partial charge is 0.0698 e. The van der Waals surface area contributed by atoms with Crippen LogP contribution in [0.5, 0.6) is 0 Å². The van der Waals surface area contributed by atoms with Crippen molar-refractivity contribution in [3.05, 3.63) is 0 Å². The zero-order chi connectivity index (χ0) is 11.3. The molecule has 1 atom stereocenters. The fourth-order valence-corrected chi connectivity index (χ4v) is 2.24. The predicted octanol–water partition coefficient (Wildman–Crippen LogP) is 2.92. The summed E-state index contributed by atoms with van der Waals surface area (Å²) in [6, 6.07) is 0. The van der Waals surface area contributed by atoms with Crippen LogP contribution in [0, 0.1) is 5.41 Å². The van der Waals surface area contributed by atoms with Crippen LogP contribution in [0.1, 0.15) is 46.5 Å². The van der Waals surface area contributed by atoms with E-state index >= 15 is 0 Å². The lowest BCUT2D eigenvalue weighted by Crippen LogP contribution is -2.39. The van der Waals surface area contributed by atoms with Crippen LogP contribution in [-0.4, -0.2) is 37.7 Å². The van der Waals surface area contributed by atoms with Crippen molar-refractivity contribution in [2.45, 2.75) is 52.6 Å². The number of methoxy groups -OCH3 is 1. The Morgan fingerprint density at radius 1 is 1.33 bits per heavy atom. The topological polar surface area (TPSA) is 12.5 Å². The molecule has 0 radical (unpaired) electrons. The highest BCUT2D eigenvalue weighted by atomic mass is 16.5. The average molecular weight is 213 g/mol. The fraction of sp³-hybridized carbons (Fsp3) is 1.00. The van der Waals surface area contributed by atoms with Gasteiger partial charge in [0.25, 0.3) is 0 Å². The summed E-state index contributed by atoms with van der Waals surface area (Å²) in [7, 11) is 1.84. The van der Waals surface area contributed by atoms with Gasteiger partial charge >= 0.3 is 0 Å². The summed E-state index contributed by atoms with van der Waals surface area (Å²) in [4.78, 5) is 2.56. The number of hydrogen-bond donors (Lipinski definition) is 0. The summed E-state index contributed by atoms with van der Waals surface area (Å²) >= 11 is 0. The molecule has 0 amide bonds. The minimum absolute atomic E-state index is 0.480. The van der Waals surface area contributed by atoms with Crippen LogP contribution >= 0.6 is 0 Å². The Bertz CT molecular complexity index is 174. The van der Waals surface area contributed by atoms with Gasteiger partial charge in [-0.1, -0.05) is 20.8 Å². The standard InChI is InChI=1S/C13H27NO/c1-13(2,3)8-6-10-14-9-5-7-12(11-14)15-4/h12H,5-11H2,1-4H3. The fourth-order valence-electron chi connectivity index (χ4n) is 2.24. The van der Waals surface area contributed by atoms with E-state index in [-0.39, 0.29) is 0 Å². The van der Waals surface area contributed by atoms with E-state index in [1.54, 1.807) is 0 Å². The first kappa shape index (κ1) is 13.0. The molecule has 1 aliphatic heterocycles. The summed E-state index contributed by atoms with van der Waals surface area (Å²) in [6.07, 6.45) is 5.66. The summed E-state index contributed by atoms with van der Waals surface area (Å²) in [5.41, 5.74) is 0.483. The van der Waals surface area contributed by atoms with E-state index in [0.29, 0.717) is 11.5 Å². The molecule has 1 unspecified atom stereocenters. The highest BCUT2D eigenvalue weighted by Gasteiger charge is 2.19. The molecular weight excluding hydrogens is 186 g/mol. The van der Waals surface area contributed by atoms with E-state index in [1.165, 1.54) is 38.8 Å². The largest absolute Gasteiger partial charge is 0.380 e. The third-order valence-electron chi connectivity index (χ3n) is 3.20. The lowest BCUT2D eigenvalue weighted by atomic mass is 9.90. The Balaban J connectivity index is 2.15. The lowest BCUT2D eigenvalue weighted by Gasteiger charge is -2.32. The highest BCUT2D eigenvalue weighted by molar-refractivity contribution is 4.73. The maximum Gasteiger partial charge on any atom is 0.0698 e. The SMILES string of the molecule is COC1CCCN(CCCC(C)(C)C)C1. The van der Waals surface area contributed by atoms with E-state index in [9.17, 15) is 0 Å². The molecule has 1 heterocycles. The molecule has 2 nitrogen and oxygen atoms in total. The highest BCUT2D eigenvalue weighted by Crippen LogP contribution is 2.21. The minimum atomic E-state index is 0.480. The van der Waals surface area contributed by atoms with Crippen LogP contribution in [0.15, 0.2) is 0 Å². The zero-order valence-electron chi connectivity index (χ0n) is 10.9. The molecule has 0 aromatic carbocycles. The molecule has 0 spiro atoms. The van der Waals surface area contributed by atoms with Gasteiger partial charge < -0.3 is 9.64 Å². The van der Waals surface area contributed by atoms with Crippen molar-refractivity contribution in [3.8, 4) is 0 Å². The molecule has 1 fully saturated rings. The monoisotopic (exact) mass is 213 g/mol. The second-order valence-electron chi connectivity index (χ2n) is 5.96. The van der Waals surface area contributed by atoms with Gasteiger partial charge in [0.15, 0.2) is 0 Å². The molecule has 0 saturated carbocycles. The summed E-state index contributed by atoms with van der Waals surface area (Å²) < 4.78 is 5.43. The summed E-state index contributed by atoms with van der Waals surface area (Å²) in [5.74, 6) is 0. The zero-order valence-corrected chi connectivity index (χ0v) is 10.9. The molecule has 1 saturated heterocycles. The third kappa shape index (κ3) is 5.53. The maximum absolute atomic E-state index is 5.43. The molecule has 2 heteroatoms. The number of ether oxygens (including phenoxy) is 1. The summed E-state index contributed by atoms with van der Waals surface area (Å²) in [5, 5.41) is 0. The maximum atomic E-state index is 5.43. The minimum Gasteiger partial charge on any atom is -0.380 e. The van der Waals surface area contributed by atoms with Gasteiger partial charge in [-0.15, -0.1) is 0 Å². The molecule has 0 N–H and O–H groups in total. The molecule has 1 rings (SSSR count). The average Bonchev–Trinajstić information content (AvgIpc) is 2.16. The Labute approximate surface area is 95.0 Å². The summed E-state index contributed by atoms with van der Waals surface area (Å²) in [6.45, 7) is 10.6. The molecular formula is C13H27NO. The second kappa shape index (κ2) is 5.86. The van der Waals surface area contributed by atoms with Crippen LogP contribution in [0.2, 0.25) is 0 Å². The van der Waals surface area contributed by atoms with Gasteiger partial charge in [-0.05, 0) is 44.2 Å². The number of hydrogen-bond acceptors (Lipinski definition) is 2. The first-order valence-corrected chi connectivity index (χ1v) is 6.26. The van der Waals surface area contributed by atoms with Gasteiger partial charge in [-0.2, -0.15) is 0 Å². The molecule has 1 aliphatic rings. The molecule has 15 heavy (non-hydrogen) atoms. The number of nitrogens with zero attached hydrogens (tertiary/aromatic N) is 1. The van der Waals surface area contributed by atoms with Crippen molar-refractivity contribution >= 4 is 0 Å². The Morgan fingerprint density at radius 2 is 2.07 bits per heavy atom. The number of likely N-dealkylation sites (tertiary alicyclic amines) is 1. The van der Waals surface area contributed by atoms with Crippen molar-refractivity contribution in [1.82, 2.24) is 4.90 Å². The number of piperidine rings is 1. The van der Waals surface area contributed by atoms with Gasteiger partial charge in [0, 0.05) is 13.7 Å². The molecule has 0 bridgehead atoms. The Hall–Kier alpha value is -0.0800. The van der Waals surface area contributed by atoms with Gasteiger partial charge in [-0.3, -0.25) is 0 Å². The predicted molar refractivity (Wildman–Crippen MR) is 65.2 cm³/mol. The van der Waals surface area contributed by atoms with Crippen molar-refractivity contribution in [2.75, 3.05) is 26.7 Å². The van der Waals surface area contributed by atoms with E-state index in [0.717, 1.165) is 6.54 Å². The molecule has 0 aliphatic carbocycles. The third-order valence-corrected chi connectivity index (χ3v) is 3.20. The van der Waals surface area contributed by atoms with Gasteiger partial charge in [0.1, 0.15) is 0 Å². The quantitative estimate of drug-likeness (QED) is 0.712. The van der Waals surface area contributed by atoms with Crippen molar-refractivity contribution in [1.29, 1.82) is 0 Å². The van der Waals surface area contributed by atoms with Crippen LogP contribution < -0.4 is 0 Å². The molecule has 0 aromatic heterocycles.